The average molecular weight is 244 g/mol. The molecule has 1 aromatic carbocycles. The Morgan fingerprint density at radius 2 is 2.00 bits per heavy atom. The summed E-state index contributed by atoms with van der Waals surface area (Å²) in [5.74, 6) is 0.140. The number of aromatic nitrogens is 1. The molecule has 1 aromatic heterocycles. The molecular formula is C15H20N2O. The summed E-state index contributed by atoms with van der Waals surface area (Å²) < 4.78 is 2.00. The van der Waals surface area contributed by atoms with Crippen molar-refractivity contribution in [3.8, 4) is 0 Å². The lowest BCUT2D eigenvalue weighted by Gasteiger charge is -2.23. The second-order valence-corrected chi connectivity index (χ2v) is 5.16. The van der Waals surface area contributed by atoms with E-state index >= 15 is 0 Å². The molecule has 0 atom stereocenters. The first-order valence-corrected chi connectivity index (χ1v) is 6.31. The molecule has 1 heterocycles. The fourth-order valence-corrected chi connectivity index (χ4v) is 2.38. The summed E-state index contributed by atoms with van der Waals surface area (Å²) in [6.07, 6.45) is 1.92. The van der Waals surface area contributed by atoms with Gasteiger partial charge in [-0.1, -0.05) is 25.1 Å². The van der Waals surface area contributed by atoms with Crippen molar-refractivity contribution >= 4 is 16.7 Å². The van der Waals surface area contributed by atoms with Gasteiger partial charge in [-0.2, -0.15) is 0 Å². The smallest absolute Gasteiger partial charge is 0.184 e. The molecule has 0 aliphatic rings. The highest BCUT2D eigenvalue weighted by Gasteiger charge is 2.29. The highest BCUT2D eigenvalue weighted by Crippen LogP contribution is 2.24. The maximum absolute atomic E-state index is 12.6. The number of Topliss-reactive ketones (excluding diaryl/α,β-unsaturated/α-hetero) is 1. The number of aryl methyl sites for hydroxylation is 1. The number of carbonyl (C=O) groups is 1. The number of benzene rings is 1. The number of fused-ring (bicyclic) bond motifs is 1. The Kier molecular flexibility index (Phi) is 3.26. The zero-order chi connectivity index (χ0) is 13.3. The van der Waals surface area contributed by atoms with Crippen LogP contribution in [0.2, 0.25) is 0 Å². The average Bonchev–Trinajstić information content (AvgIpc) is 2.66. The Hall–Kier alpha value is -1.61. The van der Waals surface area contributed by atoms with E-state index in [-0.39, 0.29) is 5.78 Å². The van der Waals surface area contributed by atoms with E-state index in [0.29, 0.717) is 0 Å². The van der Waals surface area contributed by atoms with E-state index in [1.807, 2.05) is 62.8 Å². The summed E-state index contributed by atoms with van der Waals surface area (Å²) in [5, 5.41) is 4.26. The van der Waals surface area contributed by atoms with Crippen LogP contribution in [0.15, 0.2) is 30.5 Å². The van der Waals surface area contributed by atoms with Crippen LogP contribution >= 0.6 is 0 Å². The first-order chi connectivity index (χ1) is 8.47. The first kappa shape index (κ1) is 12.8. The van der Waals surface area contributed by atoms with Gasteiger partial charge in [0.25, 0.3) is 0 Å². The fraction of sp³-hybridized carbons (Fsp3) is 0.400. The normalized spacial score (nSPS) is 12.0. The molecule has 0 saturated heterocycles. The van der Waals surface area contributed by atoms with Gasteiger partial charge in [-0.25, -0.2) is 0 Å². The summed E-state index contributed by atoms with van der Waals surface area (Å²) >= 11 is 0. The van der Waals surface area contributed by atoms with Gasteiger partial charge < -0.3 is 9.88 Å². The van der Waals surface area contributed by atoms with Crippen molar-refractivity contribution < 1.29 is 4.79 Å². The van der Waals surface area contributed by atoms with Gasteiger partial charge in [-0.05, 0) is 26.5 Å². The summed E-state index contributed by atoms with van der Waals surface area (Å²) in [4.78, 5) is 12.6. The lowest BCUT2D eigenvalue weighted by atomic mass is 9.93. The molecule has 0 radical (unpaired) electrons. The zero-order valence-corrected chi connectivity index (χ0v) is 11.4. The van der Waals surface area contributed by atoms with Gasteiger partial charge in [0.15, 0.2) is 5.78 Å². The molecule has 0 bridgehead atoms. The second kappa shape index (κ2) is 4.58. The van der Waals surface area contributed by atoms with Crippen LogP contribution in [0.1, 0.15) is 31.1 Å². The second-order valence-electron chi connectivity index (χ2n) is 5.16. The van der Waals surface area contributed by atoms with Crippen molar-refractivity contribution in [1.29, 1.82) is 0 Å². The standard InChI is InChI=1S/C15H20N2O/c1-5-16-15(2,3)14(18)12-10-17(4)13-9-7-6-8-11(12)13/h6-10,16H,5H2,1-4H3. The number of para-hydroxylation sites is 1. The van der Waals surface area contributed by atoms with Crippen molar-refractivity contribution in [3.05, 3.63) is 36.0 Å². The van der Waals surface area contributed by atoms with Crippen molar-refractivity contribution in [2.45, 2.75) is 26.3 Å². The monoisotopic (exact) mass is 244 g/mol. The van der Waals surface area contributed by atoms with E-state index in [9.17, 15) is 4.79 Å². The molecule has 0 amide bonds. The molecule has 1 N–H and O–H groups in total. The predicted molar refractivity (Wildman–Crippen MR) is 75.0 cm³/mol. The van der Waals surface area contributed by atoms with Crippen molar-refractivity contribution in [3.63, 3.8) is 0 Å². The lowest BCUT2D eigenvalue weighted by Crippen LogP contribution is -2.46. The topological polar surface area (TPSA) is 34.0 Å². The molecule has 0 aliphatic carbocycles. The van der Waals surface area contributed by atoms with E-state index in [0.717, 1.165) is 23.0 Å². The molecule has 0 spiro atoms. The summed E-state index contributed by atoms with van der Waals surface area (Å²) in [5.41, 5.74) is 1.35. The molecule has 0 saturated carbocycles. The summed E-state index contributed by atoms with van der Waals surface area (Å²) in [6.45, 7) is 6.66. The number of carbonyl (C=O) groups excluding carboxylic acids is 1. The van der Waals surface area contributed by atoms with Crippen LogP contribution in [0.4, 0.5) is 0 Å². The highest BCUT2D eigenvalue weighted by atomic mass is 16.1. The van der Waals surface area contributed by atoms with E-state index in [2.05, 4.69) is 5.32 Å². The third kappa shape index (κ3) is 2.06. The molecule has 0 fully saturated rings. The maximum Gasteiger partial charge on any atom is 0.184 e. The Balaban J connectivity index is 2.52. The van der Waals surface area contributed by atoms with Gasteiger partial charge in [0.05, 0.1) is 5.54 Å². The number of ketones is 1. The Labute approximate surface area is 108 Å². The van der Waals surface area contributed by atoms with Gasteiger partial charge >= 0.3 is 0 Å². The lowest BCUT2D eigenvalue weighted by molar-refractivity contribution is 0.0885. The Morgan fingerprint density at radius 3 is 2.67 bits per heavy atom. The zero-order valence-electron chi connectivity index (χ0n) is 11.4. The van der Waals surface area contributed by atoms with Gasteiger partial charge in [0.1, 0.15) is 0 Å². The van der Waals surface area contributed by atoms with Crippen molar-refractivity contribution in [1.82, 2.24) is 9.88 Å². The molecule has 0 aliphatic heterocycles. The predicted octanol–water partition coefficient (Wildman–Crippen LogP) is 2.75. The minimum absolute atomic E-state index is 0.140. The number of hydrogen-bond donors (Lipinski definition) is 1. The molecular weight excluding hydrogens is 224 g/mol. The van der Waals surface area contributed by atoms with Crippen molar-refractivity contribution in [2.75, 3.05) is 6.54 Å². The number of nitrogens with zero attached hydrogens (tertiary/aromatic N) is 1. The van der Waals surface area contributed by atoms with Crippen molar-refractivity contribution in [2.24, 2.45) is 7.05 Å². The van der Waals surface area contributed by atoms with Gasteiger partial charge in [0.2, 0.25) is 0 Å². The largest absolute Gasteiger partial charge is 0.350 e. The van der Waals surface area contributed by atoms with Gasteiger partial charge in [-0.15, -0.1) is 0 Å². The Morgan fingerprint density at radius 1 is 1.33 bits per heavy atom. The summed E-state index contributed by atoms with van der Waals surface area (Å²) in [6, 6.07) is 8.00. The van der Waals surface area contributed by atoms with Gasteiger partial charge in [0, 0.05) is 29.7 Å². The Bertz CT molecular complexity index is 581. The fourth-order valence-electron chi connectivity index (χ4n) is 2.38. The molecule has 0 unspecified atom stereocenters. The minimum Gasteiger partial charge on any atom is -0.350 e. The minimum atomic E-state index is -0.529. The van der Waals surface area contributed by atoms with Gasteiger partial charge in [-0.3, -0.25) is 4.79 Å². The highest BCUT2D eigenvalue weighted by molar-refractivity contribution is 6.12. The van der Waals surface area contributed by atoms with E-state index in [1.165, 1.54) is 0 Å². The van der Waals surface area contributed by atoms with Crippen LogP contribution in [0, 0.1) is 0 Å². The molecule has 3 heteroatoms. The van der Waals surface area contributed by atoms with E-state index < -0.39 is 5.54 Å². The van der Waals surface area contributed by atoms with Crippen LogP contribution in [0.25, 0.3) is 10.9 Å². The van der Waals surface area contributed by atoms with Crippen LogP contribution < -0.4 is 5.32 Å². The molecule has 2 aromatic rings. The molecule has 2 rings (SSSR count). The number of hydrogen-bond acceptors (Lipinski definition) is 2. The first-order valence-electron chi connectivity index (χ1n) is 6.31. The third-order valence-electron chi connectivity index (χ3n) is 3.33. The molecule has 18 heavy (non-hydrogen) atoms. The third-order valence-corrected chi connectivity index (χ3v) is 3.33. The van der Waals surface area contributed by atoms with Crippen LogP contribution in [0.5, 0.6) is 0 Å². The quantitative estimate of drug-likeness (QED) is 0.839. The number of nitrogens with one attached hydrogen (secondary N) is 1. The number of likely N-dealkylation sites (N-methyl/N-ethyl adjacent to an activating group) is 1. The van der Waals surface area contributed by atoms with E-state index in [4.69, 9.17) is 0 Å². The SMILES string of the molecule is CCNC(C)(C)C(=O)c1cn(C)c2ccccc12. The molecule has 96 valence electrons. The maximum atomic E-state index is 12.6. The van der Waals surface area contributed by atoms with E-state index in [1.54, 1.807) is 0 Å². The molecule has 3 nitrogen and oxygen atoms in total. The number of rotatable bonds is 4. The van der Waals surface area contributed by atoms with Crippen LogP contribution in [-0.4, -0.2) is 22.4 Å². The van der Waals surface area contributed by atoms with Crippen LogP contribution in [-0.2, 0) is 7.05 Å². The van der Waals surface area contributed by atoms with Crippen LogP contribution in [0.3, 0.4) is 0 Å². The summed E-state index contributed by atoms with van der Waals surface area (Å²) in [7, 11) is 1.97.